The molecule has 1 aromatic carbocycles. The summed E-state index contributed by atoms with van der Waals surface area (Å²) in [6, 6.07) is 1.41. The van der Waals surface area contributed by atoms with Crippen LogP contribution in [-0.2, 0) is 0 Å². The third-order valence-electron chi connectivity index (χ3n) is 1.78. The highest BCUT2D eigenvalue weighted by Crippen LogP contribution is 2.28. The highest BCUT2D eigenvalue weighted by Gasteiger charge is 2.21. The molecule has 1 rings (SSSR count). The van der Waals surface area contributed by atoms with Crippen LogP contribution in [0.3, 0.4) is 0 Å². The third-order valence-corrected chi connectivity index (χ3v) is 1.78. The van der Waals surface area contributed by atoms with Crippen molar-refractivity contribution in [3.8, 4) is 0 Å². The topological polar surface area (TPSA) is 55.2 Å². The Morgan fingerprint density at radius 2 is 2.13 bits per heavy atom. The number of nitrogens with zero attached hydrogens (tertiary/aromatic N) is 1. The number of nitro groups is 1. The summed E-state index contributed by atoms with van der Waals surface area (Å²) in [6.45, 7) is 2.26. The largest absolute Gasteiger partial charge is 0.379 e. The van der Waals surface area contributed by atoms with E-state index in [2.05, 4.69) is 5.32 Å². The van der Waals surface area contributed by atoms with Gasteiger partial charge >= 0.3 is 5.69 Å². The van der Waals surface area contributed by atoms with Gasteiger partial charge < -0.3 is 5.32 Å². The molecular weight excluding hydrogens is 206 g/mol. The van der Waals surface area contributed by atoms with Crippen molar-refractivity contribution >= 4 is 11.4 Å². The van der Waals surface area contributed by atoms with E-state index < -0.39 is 22.2 Å². The normalized spacial score (nSPS) is 10.1. The molecule has 0 aliphatic carbocycles. The van der Waals surface area contributed by atoms with Gasteiger partial charge in [0.05, 0.1) is 4.92 Å². The van der Waals surface area contributed by atoms with E-state index in [0.717, 1.165) is 6.07 Å². The molecule has 0 bridgehead atoms. The molecule has 6 heteroatoms. The van der Waals surface area contributed by atoms with Crippen LogP contribution in [0.5, 0.6) is 0 Å². The first-order valence-electron chi connectivity index (χ1n) is 4.43. The lowest BCUT2D eigenvalue weighted by atomic mass is 10.2. The summed E-state index contributed by atoms with van der Waals surface area (Å²) in [4.78, 5) is 9.65. The molecule has 0 amide bonds. The minimum atomic E-state index is -1.17. The summed E-state index contributed by atoms with van der Waals surface area (Å²) in [6.07, 6.45) is 0.704. The van der Waals surface area contributed by atoms with Crippen molar-refractivity contribution in [2.75, 3.05) is 11.9 Å². The van der Waals surface area contributed by atoms with Gasteiger partial charge in [0.25, 0.3) is 0 Å². The van der Waals surface area contributed by atoms with Gasteiger partial charge in [-0.2, -0.15) is 4.39 Å². The van der Waals surface area contributed by atoms with E-state index in [4.69, 9.17) is 0 Å². The van der Waals surface area contributed by atoms with Crippen LogP contribution in [0.25, 0.3) is 0 Å². The zero-order chi connectivity index (χ0) is 11.4. The van der Waals surface area contributed by atoms with Crippen LogP contribution < -0.4 is 5.32 Å². The van der Waals surface area contributed by atoms with Gasteiger partial charge in [-0.3, -0.25) is 10.1 Å². The first kappa shape index (κ1) is 11.4. The second-order valence-electron chi connectivity index (χ2n) is 2.97. The summed E-state index contributed by atoms with van der Waals surface area (Å²) < 4.78 is 25.9. The molecule has 0 saturated carbocycles. The molecule has 1 N–H and O–H groups in total. The van der Waals surface area contributed by atoms with Gasteiger partial charge in [-0.1, -0.05) is 6.92 Å². The molecular formula is C9H10F2N2O2. The van der Waals surface area contributed by atoms with Gasteiger partial charge in [-0.05, 0) is 6.42 Å². The fourth-order valence-electron chi connectivity index (χ4n) is 1.15. The Morgan fingerprint density at radius 1 is 1.47 bits per heavy atom. The average Bonchev–Trinajstić information content (AvgIpc) is 2.12. The lowest BCUT2D eigenvalue weighted by Crippen LogP contribution is -2.05. The molecule has 0 spiro atoms. The number of hydrogen-bond acceptors (Lipinski definition) is 3. The monoisotopic (exact) mass is 216 g/mol. The second-order valence-corrected chi connectivity index (χ2v) is 2.97. The Kier molecular flexibility index (Phi) is 3.54. The van der Waals surface area contributed by atoms with Crippen molar-refractivity contribution in [3.63, 3.8) is 0 Å². The van der Waals surface area contributed by atoms with Gasteiger partial charge in [0, 0.05) is 18.7 Å². The van der Waals surface area contributed by atoms with Crippen LogP contribution in [0.2, 0.25) is 0 Å². The molecule has 0 saturated heterocycles. The van der Waals surface area contributed by atoms with Crippen LogP contribution >= 0.6 is 0 Å². The maximum absolute atomic E-state index is 13.1. The number of nitro benzene ring substituents is 1. The van der Waals surface area contributed by atoms with E-state index >= 15 is 0 Å². The summed E-state index contributed by atoms with van der Waals surface area (Å²) in [5.74, 6) is -2.00. The smallest absolute Gasteiger partial charge is 0.327 e. The number of anilines is 1. The SMILES string of the molecule is CCCNc1cc(F)cc(F)c1[N+](=O)[O-]. The average molecular weight is 216 g/mol. The van der Waals surface area contributed by atoms with E-state index in [9.17, 15) is 18.9 Å². The first-order chi connectivity index (χ1) is 7.06. The summed E-state index contributed by atoms with van der Waals surface area (Å²) in [5.41, 5.74) is -0.843. The van der Waals surface area contributed by atoms with Gasteiger partial charge in [-0.25, -0.2) is 4.39 Å². The zero-order valence-corrected chi connectivity index (χ0v) is 8.09. The Balaban J connectivity index is 3.14. The minimum absolute atomic E-state index is 0.126. The maximum atomic E-state index is 13.1. The lowest BCUT2D eigenvalue weighted by Gasteiger charge is -2.06. The molecule has 0 aliphatic rings. The Labute approximate surface area is 85.1 Å². The third kappa shape index (κ3) is 2.61. The lowest BCUT2D eigenvalue weighted by molar-refractivity contribution is -0.386. The molecule has 0 radical (unpaired) electrons. The summed E-state index contributed by atoms with van der Waals surface area (Å²) in [7, 11) is 0. The van der Waals surface area contributed by atoms with Crippen LogP contribution in [0, 0.1) is 21.7 Å². The second kappa shape index (κ2) is 4.68. The Hall–Kier alpha value is -1.72. The fraction of sp³-hybridized carbons (Fsp3) is 0.333. The molecule has 0 aromatic heterocycles. The van der Waals surface area contributed by atoms with Crippen molar-refractivity contribution in [2.24, 2.45) is 0 Å². The quantitative estimate of drug-likeness (QED) is 0.621. The Bertz CT molecular complexity index is 383. The van der Waals surface area contributed by atoms with E-state index in [1.807, 2.05) is 6.92 Å². The van der Waals surface area contributed by atoms with Crippen molar-refractivity contribution in [2.45, 2.75) is 13.3 Å². The van der Waals surface area contributed by atoms with E-state index in [1.54, 1.807) is 0 Å². The van der Waals surface area contributed by atoms with Crippen LogP contribution in [0.4, 0.5) is 20.2 Å². The predicted molar refractivity (Wildman–Crippen MR) is 51.8 cm³/mol. The molecule has 0 atom stereocenters. The number of halogens is 2. The van der Waals surface area contributed by atoms with E-state index in [1.165, 1.54) is 0 Å². The van der Waals surface area contributed by atoms with Crippen molar-refractivity contribution in [3.05, 3.63) is 33.9 Å². The highest BCUT2D eigenvalue weighted by molar-refractivity contribution is 5.62. The van der Waals surface area contributed by atoms with Crippen LogP contribution in [-0.4, -0.2) is 11.5 Å². The molecule has 82 valence electrons. The first-order valence-corrected chi connectivity index (χ1v) is 4.43. The van der Waals surface area contributed by atoms with Crippen LogP contribution in [0.1, 0.15) is 13.3 Å². The van der Waals surface area contributed by atoms with Crippen LogP contribution in [0.15, 0.2) is 12.1 Å². The minimum Gasteiger partial charge on any atom is -0.379 e. The van der Waals surface area contributed by atoms with Gasteiger partial charge in [-0.15, -0.1) is 0 Å². The van der Waals surface area contributed by atoms with Crippen molar-refractivity contribution < 1.29 is 13.7 Å². The number of rotatable bonds is 4. The van der Waals surface area contributed by atoms with Gasteiger partial charge in [0.2, 0.25) is 5.82 Å². The van der Waals surface area contributed by atoms with Gasteiger partial charge in [0.15, 0.2) is 0 Å². The summed E-state index contributed by atoms with van der Waals surface area (Å²) in [5, 5.41) is 13.1. The molecule has 0 aliphatic heterocycles. The standard InChI is InChI=1S/C9H10F2N2O2/c1-2-3-12-8-5-6(10)4-7(11)9(8)13(14)15/h4-5,12H,2-3H2,1H3. The molecule has 15 heavy (non-hydrogen) atoms. The number of hydrogen-bond donors (Lipinski definition) is 1. The maximum Gasteiger partial charge on any atom is 0.327 e. The number of nitrogens with one attached hydrogen (secondary N) is 1. The van der Waals surface area contributed by atoms with E-state index in [-0.39, 0.29) is 5.69 Å². The highest BCUT2D eigenvalue weighted by atomic mass is 19.1. The molecule has 0 heterocycles. The molecule has 0 unspecified atom stereocenters. The summed E-state index contributed by atoms with van der Waals surface area (Å²) >= 11 is 0. The Morgan fingerprint density at radius 3 is 2.67 bits per heavy atom. The molecule has 1 aromatic rings. The zero-order valence-electron chi connectivity index (χ0n) is 8.09. The fourth-order valence-corrected chi connectivity index (χ4v) is 1.15. The van der Waals surface area contributed by atoms with Gasteiger partial charge in [0.1, 0.15) is 11.5 Å². The molecule has 0 fully saturated rings. The van der Waals surface area contributed by atoms with E-state index in [0.29, 0.717) is 19.0 Å². The molecule has 4 nitrogen and oxygen atoms in total. The van der Waals surface area contributed by atoms with Crippen molar-refractivity contribution in [1.29, 1.82) is 0 Å². The number of benzene rings is 1. The predicted octanol–water partition coefficient (Wildman–Crippen LogP) is 2.69. The van der Waals surface area contributed by atoms with Crippen molar-refractivity contribution in [1.82, 2.24) is 0 Å².